The molecule has 27 heavy (non-hydrogen) atoms. The van der Waals surface area contributed by atoms with Gasteiger partial charge in [0.1, 0.15) is 0 Å². The largest absolute Gasteiger partial charge is 0.368 e. The molecule has 0 aliphatic carbocycles. The molecule has 0 saturated carbocycles. The predicted molar refractivity (Wildman–Crippen MR) is 102 cm³/mol. The van der Waals surface area contributed by atoms with Crippen molar-refractivity contribution >= 4 is 11.6 Å². The highest BCUT2D eigenvalue weighted by Gasteiger charge is 2.24. The van der Waals surface area contributed by atoms with Gasteiger partial charge in [0.15, 0.2) is 12.0 Å². The highest BCUT2D eigenvalue weighted by atomic mass is 16.7. The molecular formula is C19H27N5O3. The van der Waals surface area contributed by atoms with E-state index in [0.29, 0.717) is 38.5 Å². The number of anilines is 1. The van der Waals surface area contributed by atoms with Gasteiger partial charge in [0.2, 0.25) is 0 Å². The maximum Gasteiger partial charge on any atom is 0.276 e. The Hall–Kier alpha value is -2.45. The van der Waals surface area contributed by atoms with Gasteiger partial charge in [-0.3, -0.25) is 4.79 Å². The molecule has 1 amide bonds. The summed E-state index contributed by atoms with van der Waals surface area (Å²) in [6.07, 6.45) is 1.27. The molecular weight excluding hydrogens is 346 g/mol. The lowest BCUT2D eigenvalue weighted by Gasteiger charge is -2.35. The molecule has 0 N–H and O–H groups in total. The molecule has 0 atom stereocenters. The lowest BCUT2D eigenvalue weighted by molar-refractivity contribution is -0.145. The zero-order valence-corrected chi connectivity index (χ0v) is 16.0. The Kier molecular flexibility index (Phi) is 6.78. The quantitative estimate of drug-likeness (QED) is 0.655. The number of benzene rings is 1. The van der Waals surface area contributed by atoms with Crippen LogP contribution in [0.3, 0.4) is 0 Å². The minimum Gasteiger partial charge on any atom is -0.368 e. The number of para-hydroxylation sites is 1. The summed E-state index contributed by atoms with van der Waals surface area (Å²) in [6.45, 7) is 8.29. The molecule has 0 bridgehead atoms. The van der Waals surface area contributed by atoms with E-state index in [0.717, 1.165) is 13.1 Å². The van der Waals surface area contributed by atoms with Crippen LogP contribution in [-0.2, 0) is 16.0 Å². The van der Waals surface area contributed by atoms with Gasteiger partial charge in [-0.1, -0.05) is 23.4 Å². The summed E-state index contributed by atoms with van der Waals surface area (Å²) in [5, 5.41) is 8.09. The molecule has 1 aliphatic heterocycles. The Labute approximate surface area is 159 Å². The van der Waals surface area contributed by atoms with E-state index in [2.05, 4.69) is 27.3 Å². The summed E-state index contributed by atoms with van der Waals surface area (Å²) in [5.74, 6) is -0.0849. The number of piperazine rings is 1. The third-order valence-electron chi connectivity index (χ3n) is 4.49. The van der Waals surface area contributed by atoms with E-state index >= 15 is 0 Å². The molecule has 1 aromatic heterocycles. The van der Waals surface area contributed by atoms with Crippen LogP contribution in [0.4, 0.5) is 5.69 Å². The molecule has 0 unspecified atom stereocenters. The first-order chi connectivity index (χ1) is 13.2. The number of amides is 1. The Balaban J connectivity index is 1.55. The highest BCUT2D eigenvalue weighted by Crippen LogP contribution is 2.16. The monoisotopic (exact) mass is 373 g/mol. The van der Waals surface area contributed by atoms with Crippen LogP contribution in [0.1, 0.15) is 24.3 Å². The fourth-order valence-electron chi connectivity index (χ4n) is 3.13. The SMILES string of the molecule is CCOC(Cn1cc(C(=O)N2CCN(c3ccccc3)CC2)nn1)OCC. The van der Waals surface area contributed by atoms with Gasteiger partial charge in [-0.25, -0.2) is 4.68 Å². The number of ether oxygens (including phenoxy) is 2. The van der Waals surface area contributed by atoms with Gasteiger partial charge in [0.05, 0.1) is 12.7 Å². The molecule has 8 heteroatoms. The standard InChI is InChI=1S/C19H27N5O3/c1-3-26-18(27-4-2)15-24-14-17(20-21-24)19(25)23-12-10-22(11-13-23)16-8-6-5-7-9-16/h5-9,14,18H,3-4,10-13,15H2,1-2H3. The first-order valence-electron chi connectivity index (χ1n) is 9.43. The van der Waals surface area contributed by atoms with Crippen LogP contribution in [0, 0.1) is 0 Å². The zero-order chi connectivity index (χ0) is 19.1. The van der Waals surface area contributed by atoms with Gasteiger partial charge in [0.25, 0.3) is 5.91 Å². The Morgan fingerprint density at radius 3 is 2.37 bits per heavy atom. The first kappa shape index (κ1) is 19.3. The van der Waals surface area contributed by atoms with E-state index in [-0.39, 0.29) is 12.2 Å². The molecule has 1 aliphatic rings. The van der Waals surface area contributed by atoms with Gasteiger partial charge >= 0.3 is 0 Å². The third-order valence-corrected chi connectivity index (χ3v) is 4.49. The minimum atomic E-state index is -0.390. The third kappa shape index (κ3) is 5.05. The number of carbonyl (C=O) groups excluding carboxylic acids is 1. The van der Waals surface area contributed by atoms with Gasteiger partial charge in [-0.15, -0.1) is 5.10 Å². The molecule has 1 saturated heterocycles. The molecule has 2 heterocycles. The van der Waals surface area contributed by atoms with E-state index in [4.69, 9.17) is 9.47 Å². The molecule has 0 spiro atoms. The Morgan fingerprint density at radius 1 is 1.07 bits per heavy atom. The number of hydrogen-bond donors (Lipinski definition) is 0. The van der Waals surface area contributed by atoms with Crippen molar-refractivity contribution in [3.05, 3.63) is 42.2 Å². The molecule has 1 aromatic carbocycles. The molecule has 146 valence electrons. The number of rotatable bonds is 8. The number of carbonyl (C=O) groups is 1. The van der Waals surface area contributed by atoms with Gasteiger partial charge in [0, 0.05) is 45.1 Å². The van der Waals surface area contributed by atoms with Crippen LogP contribution in [0.2, 0.25) is 0 Å². The zero-order valence-electron chi connectivity index (χ0n) is 16.0. The summed E-state index contributed by atoms with van der Waals surface area (Å²) < 4.78 is 12.6. The van der Waals surface area contributed by atoms with Crippen LogP contribution in [0.15, 0.2) is 36.5 Å². The van der Waals surface area contributed by atoms with Crippen LogP contribution >= 0.6 is 0 Å². The lowest BCUT2D eigenvalue weighted by atomic mass is 10.2. The number of aromatic nitrogens is 3. The molecule has 0 radical (unpaired) electrons. The molecule has 1 fully saturated rings. The maximum atomic E-state index is 12.7. The normalized spacial score (nSPS) is 14.8. The highest BCUT2D eigenvalue weighted by molar-refractivity contribution is 5.92. The van der Waals surface area contributed by atoms with E-state index in [1.165, 1.54) is 5.69 Å². The van der Waals surface area contributed by atoms with Crippen molar-refractivity contribution in [3.8, 4) is 0 Å². The van der Waals surface area contributed by atoms with Crippen molar-refractivity contribution in [2.45, 2.75) is 26.7 Å². The van der Waals surface area contributed by atoms with Crippen molar-refractivity contribution < 1.29 is 14.3 Å². The first-order valence-corrected chi connectivity index (χ1v) is 9.43. The summed E-state index contributed by atoms with van der Waals surface area (Å²) >= 11 is 0. The average molecular weight is 373 g/mol. The van der Waals surface area contributed by atoms with Crippen molar-refractivity contribution in [2.75, 3.05) is 44.3 Å². The maximum absolute atomic E-state index is 12.7. The van der Waals surface area contributed by atoms with E-state index in [1.54, 1.807) is 10.9 Å². The van der Waals surface area contributed by atoms with Crippen LogP contribution in [0.25, 0.3) is 0 Å². The topological polar surface area (TPSA) is 72.7 Å². The van der Waals surface area contributed by atoms with E-state index in [9.17, 15) is 4.79 Å². The van der Waals surface area contributed by atoms with Crippen molar-refractivity contribution in [1.29, 1.82) is 0 Å². The van der Waals surface area contributed by atoms with Crippen LogP contribution < -0.4 is 4.90 Å². The fourth-order valence-corrected chi connectivity index (χ4v) is 3.13. The van der Waals surface area contributed by atoms with Crippen LogP contribution in [0.5, 0.6) is 0 Å². The van der Waals surface area contributed by atoms with Crippen molar-refractivity contribution in [3.63, 3.8) is 0 Å². The van der Waals surface area contributed by atoms with Crippen molar-refractivity contribution in [1.82, 2.24) is 19.9 Å². The lowest BCUT2D eigenvalue weighted by Crippen LogP contribution is -2.48. The average Bonchev–Trinajstić information content (AvgIpc) is 3.17. The van der Waals surface area contributed by atoms with Crippen LogP contribution in [-0.4, -0.2) is 71.5 Å². The van der Waals surface area contributed by atoms with Gasteiger partial charge in [-0.05, 0) is 26.0 Å². The number of hydrogen-bond acceptors (Lipinski definition) is 6. The smallest absolute Gasteiger partial charge is 0.276 e. The summed E-state index contributed by atoms with van der Waals surface area (Å²) in [5.41, 5.74) is 1.54. The second-order valence-electron chi connectivity index (χ2n) is 6.28. The van der Waals surface area contributed by atoms with E-state index in [1.807, 2.05) is 36.9 Å². The van der Waals surface area contributed by atoms with Crippen molar-refractivity contribution in [2.24, 2.45) is 0 Å². The van der Waals surface area contributed by atoms with Gasteiger partial charge in [-0.2, -0.15) is 0 Å². The molecule has 2 aromatic rings. The minimum absolute atomic E-state index is 0.0849. The summed E-state index contributed by atoms with van der Waals surface area (Å²) in [7, 11) is 0. The Bertz CT molecular complexity index is 707. The Morgan fingerprint density at radius 2 is 1.74 bits per heavy atom. The molecule has 8 nitrogen and oxygen atoms in total. The number of nitrogens with zero attached hydrogens (tertiary/aromatic N) is 5. The second kappa shape index (κ2) is 9.48. The molecule has 3 rings (SSSR count). The second-order valence-corrected chi connectivity index (χ2v) is 6.28. The summed E-state index contributed by atoms with van der Waals surface area (Å²) in [4.78, 5) is 16.8. The summed E-state index contributed by atoms with van der Waals surface area (Å²) in [6, 6.07) is 10.3. The van der Waals surface area contributed by atoms with Gasteiger partial charge < -0.3 is 19.3 Å². The predicted octanol–water partition coefficient (Wildman–Crippen LogP) is 1.64. The van der Waals surface area contributed by atoms with E-state index < -0.39 is 0 Å². The fraction of sp³-hybridized carbons (Fsp3) is 0.526.